The first kappa shape index (κ1) is 9.60. The summed E-state index contributed by atoms with van der Waals surface area (Å²) < 4.78 is 12.9. The molecule has 1 rings (SSSR count). The highest BCUT2D eigenvalue weighted by Gasteiger charge is 2.15. The molecule has 1 N–H and O–H groups in total. The van der Waals surface area contributed by atoms with Crippen molar-refractivity contribution in [2.24, 2.45) is 0 Å². The van der Waals surface area contributed by atoms with Gasteiger partial charge in [0.15, 0.2) is 0 Å². The highest BCUT2D eigenvalue weighted by Crippen LogP contribution is 2.21. The van der Waals surface area contributed by atoms with Crippen molar-refractivity contribution in [3.63, 3.8) is 0 Å². The van der Waals surface area contributed by atoms with Crippen LogP contribution in [0.1, 0.15) is 11.1 Å². The van der Waals surface area contributed by atoms with E-state index in [9.17, 15) is 14.5 Å². The number of benzene rings is 1. The molecular weight excluding hydrogens is 177 g/mol. The van der Waals surface area contributed by atoms with E-state index in [0.29, 0.717) is 11.1 Å². The molecule has 0 aromatic heterocycles. The smallest absolute Gasteiger partial charge is 0.305 e. The molecule has 0 unspecified atom stereocenters. The van der Waals surface area contributed by atoms with Crippen LogP contribution in [0.3, 0.4) is 0 Å². The molecule has 0 atom stereocenters. The topological polar surface area (TPSA) is 63.4 Å². The van der Waals surface area contributed by atoms with Gasteiger partial charge in [-0.15, -0.1) is 0 Å². The van der Waals surface area contributed by atoms with Crippen molar-refractivity contribution in [2.45, 2.75) is 13.5 Å². The van der Waals surface area contributed by atoms with Gasteiger partial charge in [0.1, 0.15) is 0 Å². The van der Waals surface area contributed by atoms with Gasteiger partial charge in [0.25, 0.3) is 0 Å². The van der Waals surface area contributed by atoms with Gasteiger partial charge in [-0.25, -0.2) is 0 Å². The maximum Gasteiger partial charge on any atom is 0.305 e. The second-order valence-electron chi connectivity index (χ2n) is 2.65. The summed E-state index contributed by atoms with van der Waals surface area (Å²) in [5.74, 6) is -0.875. The van der Waals surface area contributed by atoms with Gasteiger partial charge in [-0.2, -0.15) is 4.39 Å². The Morgan fingerprint density at radius 3 is 2.69 bits per heavy atom. The van der Waals surface area contributed by atoms with Crippen molar-refractivity contribution in [1.29, 1.82) is 0 Å². The van der Waals surface area contributed by atoms with E-state index < -0.39 is 16.4 Å². The van der Waals surface area contributed by atoms with Crippen molar-refractivity contribution in [2.75, 3.05) is 0 Å². The summed E-state index contributed by atoms with van der Waals surface area (Å²) in [6.45, 7) is 1.26. The summed E-state index contributed by atoms with van der Waals surface area (Å²) >= 11 is 0. The van der Waals surface area contributed by atoms with Gasteiger partial charge in [-0.1, -0.05) is 0 Å². The van der Waals surface area contributed by atoms with Crippen LogP contribution in [0.4, 0.5) is 10.1 Å². The molecule has 70 valence electrons. The van der Waals surface area contributed by atoms with Gasteiger partial charge in [-0.05, 0) is 24.1 Å². The third-order valence-electron chi connectivity index (χ3n) is 1.77. The quantitative estimate of drug-likeness (QED) is 0.561. The van der Waals surface area contributed by atoms with E-state index in [1.807, 2.05) is 0 Å². The Labute approximate surface area is 73.8 Å². The highest BCUT2D eigenvalue weighted by molar-refractivity contribution is 5.40. The van der Waals surface area contributed by atoms with Crippen LogP contribution >= 0.6 is 0 Å². The second kappa shape index (κ2) is 3.49. The van der Waals surface area contributed by atoms with E-state index >= 15 is 0 Å². The molecule has 13 heavy (non-hydrogen) atoms. The van der Waals surface area contributed by atoms with E-state index in [0.717, 1.165) is 12.1 Å². The minimum atomic E-state index is -0.875. The maximum atomic E-state index is 12.9. The zero-order valence-corrected chi connectivity index (χ0v) is 6.95. The normalized spacial score (nSPS) is 10.1. The van der Waals surface area contributed by atoms with E-state index in [1.165, 1.54) is 0 Å². The number of aliphatic hydroxyl groups excluding tert-OH is 1. The summed E-state index contributed by atoms with van der Waals surface area (Å²) in [7, 11) is 0. The van der Waals surface area contributed by atoms with E-state index in [4.69, 9.17) is 5.11 Å². The highest BCUT2D eigenvalue weighted by atomic mass is 19.1. The Morgan fingerprint density at radius 1 is 1.62 bits per heavy atom. The summed E-state index contributed by atoms with van der Waals surface area (Å²) in [6, 6.07) is 2.09. The molecular formula is C8H8FNO3. The number of hydrogen-bond acceptors (Lipinski definition) is 3. The standard InChI is InChI=1S/C8H8FNO3/c1-5-2-7(9)8(10(12)13)3-6(5)4-11/h2-3,11H,4H2,1H3. The number of nitro benzene ring substituents is 1. The van der Waals surface area contributed by atoms with Gasteiger partial charge < -0.3 is 5.11 Å². The van der Waals surface area contributed by atoms with E-state index in [-0.39, 0.29) is 6.61 Å². The fourth-order valence-electron chi connectivity index (χ4n) is 1.01. The molecule has 0 fully saturated rings. The third-order valence-corrected chi connectivity index (χ3v) is 1.77. The van der Waals surface area contributed by atoms with Crippen molar-refractivity contribution in [3.05, 3.63) is 39.2 Å². The molecule has 0 aliphatic heterocycles. The number of nitrogens with zero attached hydrogens (tertiary/aromatic N) is 1. The fraction of sp³-hybridized carbons (Fsp3) is 0.250. The Kier molecular flexibility index (Phi) is 2.57. The Hall–Kier alpha value is -1.49. The van der Waals surface area contributed by atoms with Crippen LogP contribution < -0.4 is 0 Å². The van der Waals surface area contributed by atoms with Crippen LogP contribution in [-0.4, -0.2) is 10.0 Å². The minimum Gasteiger partial charge on any atom is -0.392 e. The lowest BCUT2D eigenvalue weighted by Crippen LogP contribution is -1.97. The lowest BCUT2D eigenvalue weighted by molar-refractivity contribution is -0.387. The Balaban J connectivity index is 3.30. The monoisotopic (exact) mass is 185 g/mol. The van der Waals surface area contributed by atoms with Crippen molar-refractivity contribution in [3.8, 4) is 0 Å². The number of halogens is 1. The number of aryl methyl sites for hydroxylation is 1. The molecule has 1 aromatic carbocycles. The van der Waals surface area contributed by atoms with Gasteiger partial charge in [-0.3, -0.25) is 10.1 Å². The van der Waals surface area contributed by atoms with Gasteiger partial charge in [0.05, 0.1) is 11.5 Å². The number of aliphatic hydroxyl groups is 1. The molecule has 0 heterocycles. The van der Waals surface area contributed by atoms with Gasteiger partial charge in [0, 0.05) is 6.07 Å². The fourth-order valence-corrected chi connectivity index (χ4v) is 1.01. The second-order valence-corrected chi connectivity index (χ2v) is 2.65. The summed E-state index contributed by atoms with van der Waals surface area (Å²) in [5, 5.41) is 19.1. The van der Waals surface area contributed by atoms with Crippen LogP contribution in [-0.2, 0) is 6.61 Å². The molecule has 0 amide bonds. The third kappa shape index (κ3) is 1.81. The van der Waals surface area contributed by atoms with Crippen LogP contribution in [0.2, 0.25) is 0 Å². The van der Waals surface area contributed by atoms with Crippen LogP contribution in [0.25, 0.3) is 0 Å². The molecule has 4 nitrogen and oxygen atoms in total. The predicted octanol–water partition coefficient (Wildman–Crippen LogP) is 1.53. The maximum absolute atomic E-state index is 12.9. The first-order chi connectivity index (χ1) is 6.06. The molecule has 0 saturated carbocycles. The average molecular weight is 185 g/mol. The lowest BCUT2D eigenvalue weighted by Gasteiger charge is -2.02. The Morgan fingerprint density at radius 2 is 2.23 bits per heavy atom. The molecule has 1 aromatic rings. The molecule has 0 saturated heterocycles. The zero-order valence-electron chi connectivity index (χ0n) is 6.95. The SMILES string of the molecule is Cc1cc(F)c([N+](=O)[O-])cc1CO. The van der Waals surface area contributed by atoms with Crippen LogP contribution in [0, 0.1) is 22.9 Å². The summed E-state index contributed by atoms with van der Waals surface area (Å²) in [4.78, 5) is 9.47. The number of hydrogen-bond donors (Lipinski definition) is 1. The molecule has 5 heteroatoms. The minimum absolute atomic E-state index is 0.326. The zero-order chi connectivity index (χ0) is 10.0. The van der Waals surface area contributed by atoms with Crippen LogP contribution in [0.15, 0.2) is 12.1 Å². The largest absolute Gasteiger partial charge is 0.392 e. The molecule has 0 aliphatic rings. The summed E-state index contributed by atoms with van der Waals surface area (Å²) in [5.41, 5.74) is 0.272. The first-order valence-corrected chi connectivity index (χ1v) is 3.60. The number of rotatable bonds is 2. The molecule has 0 aliphatic carbocycles. The molecule has 0 bridgehead atoms. The van der Waals surface area contributed by atoms with Crippen LogP contribution in [0.5, 0.6) is 0 Å². The van der Waals surface area contributed by atoms with Crippen molar-refractivity contribution < 1.29 is 14.4 Å². The number of nitro groups is 1. The molecule has 0 radical (unpaired) electrons. The summed E-state index contributed by atoms with van der Waals surface area (Å²) in [6.07, 6.45) is 0. The lowest BCUT2D eigenvalue weighted by atomic mass is 10.1. The van der Waals surface area contributed by atoms with Gasteiger partial charge >= 0.3 is 5.69 Å². The van der Waals surface area contributed by atoms with E-state index in [2.05, 4.69) is 0 Å². The van der Waals surface area contributed by atoms with E-state index in [1.54, 1.807) is 6.92 Å². The Bertz CT molecular complexity index is 351. The average Bonchev–Trinajstić information content (AvgIpc) is 2.03. The molecule has 0 spiro atoms. The van der Waals surface area contributed by atoms with Crippen molar-refractivity contribution >= 4 is 5.69 Å². The first-order valence-electron chi connectivity index (χ1n) is 3.60. The van der Waals surface area contributed by atoms with Crippen molar-refractivity contribution in [1.82, 2.24) is 0 Å². The predicted molar refractivity (Wildman–Crippen MR) is 43.7 cm³/mol. The van der Waals surface area contributed by atoms with Gasteiger partial charge in [0.2, 0.25) is 5.82 Å².